The van der Waals surface area contributed by atoms with Crippen molar-refractivity contribution in [2.45, 2.75) is 174 Å². The average molecular weight is 485 g/mol. The third kappa shape index (κ3) is 29.8. The summed E-state index contributed by atoms with van der Waals surface area (Å²) in [5.41, 5.74) is 0. The van der Waals surface area contributed by atoms with Gasteiger partial charge in [-0.15, -0.1) is 0 Å². The number of esters is 1. The fourth-order valence-corrected chi connectivity index (χ4v) is 4.75. The highest BCUT2D eigenvalue weighted by atomic mass is 32.1. The highest BCUT2D eigenvalue weighted by Crippen LogP contribution is 2.14. The lowest BCUT2D eigenvalue weighted by atomic mass is 10.0. The molecule has 0 radical (unpaired) electrons. The molecule has 0 aromatic carbocycles. The van der Waals surface area contributed by atoms with Crippen molar-refractivity contribution in [3.63, 3.8) is 0 Å². The number of rotatable bonds is 28. The molecule has 0 saturated heterocycles. The molecule has 0 N–H and O–H groups in total. The third-order valence-electron chi connectivity index (χ3n) is 6.80. The first-order chi connectivity index (χ1) is 16.3. The van der Waals surface area contributed by atoms with Gasteiger partial charge in [0.25, 0.3) is 0 Å². The lowest BCUT2D eigenvalue weighted by Crippen LogP contribution is -2.05. The van der Waals surface area contributed by atoms with Gasteiger partial charge in [-0.05, 0) is 25.0 Å². The predicted octanol–water partition coefficient (Wildman–Crippen LogP) is 10.6. The Morgan fingerprint density at radius 1 is 0.485 bits per heavy atom. The molecule has 0 amide bonds. The summed E-state index contributed by atoms with van der Waals surface area (Å²) in [4.78, 5) is 11.8. The number of hydrogen-bond donors (Lipinski definition) is 1. The molecule has 198 valence electrons. The van der Waals surface area contributed by atoms with Gasteiger partial charge in [0.1, 0.15) is 0 Å². The second kappa shape index (κ2) is 29.9. The Hall–Kier alpha value is -0.180. The van der Waals surface area contributed by atoms with Gasteiger partial charge >= 0.3 is 5.97 Å². The second-order valence-electron chi connectivity index (χ2n) is 10.2. The molecule has 0 aliphatic carbocycles. The van der Waals surface area contributed by atoms with E-state index in [-0.39, 0.29) is 5.97 Å². The van der Waals surface area contributed by atoms with Crippen LogP contribution in [-0.2, 0) is 9.53 Å². The largest absolute Gasteiger partial charge is 0.466 e. The van der Waals surface area contributed by atoms with Crippen molar-refractivity contribution in [3.8, 4) is 0 Å². The van der Waals surface area contributed by atoms with Crippen LogP contribution in [0.3, 0.4) is 0 Å². The quantitative estimate of drug-likeness (QED) is 0.0678. The van der Waals surface area contributed by atoms with Crippen molar-refractivity contribution >= 4 is 18.6 Å². The van der Waals surface area contributed by atoms with Gasteiger partial charge in [-0.25, -0.2) is 0 Å². The van der Waals surface area contributed by atoms with Crippen LogP contribution in [0.4, 0.5) is 0 Å². The van der Waals surface area contributed by atoms with Crippen LogP contribution >= 0.6 is 12.6 Å². The van der Waals surface area contributed by atoms with Crippen molar-refractivity contribution in [1.29, 1.82) is 0 Å². The molecule has 0 rings (SSSR count). The van der Waals surface area contributed by atoms with Crippen molar-refractivity contribution < 1.29 is 9.53 Å². The maximum absolute atomic E-state index is 11.8. The molecule has 0 atom stereocenters. The van der Waals surface area contributed by atoms with Gasteiger partial charge in [-0.2, -0.15) is 12.6 Å². The zero-order valence-corrected chi connectivity index (χ0v) is 23.5. The first-order valence-corrected chi connectivity index (χ1v) is 15.7. The van der Waals surface area contributed by atoms with Gasteiger partial charge in [0.2, 0.25) is 0 Å². The maximum atomic E-state index is 11.8. The molecule has 0 fully saturated rings. The summed E-state index contributed by atoms with van der Waals surface area (Å²) in [5, 5.41) is 0. The first-order valence-electron chi connectivity index (χ1n) is 15.1. The summed E-state index contributed by atoms with van der Waals surface area (Å²) in [7, 11) is 0. The zero-order chi connectivity index (χ0) is 24.1. The fourth-order valence-electron chi connectivity index (χ4n) is 4.53. The van der Waals surface area contributed by atoms with Gasteiger partial charge in [-0.3, -0.25) is 4.79 Å². The summed E-state index contributed by atoms with van der Waals surface area (Å²) in [5.74, 6) is 1.04. The molecule has 0 bridgehead atoms. The molecule has 0 spiro atoms. The van der Waals surface area contributed by atoms with E-state index in [0.717, 1.165) is 18.6 Å². The van der Waals surface area contributed by atoms with Crippen LogP contribution in [0.2, 0.25) is 0 Å². The minimum absolute atomic E-state index is 0.0164. The summed E-state index contributed by atoms with van der Waals surface area (Å²) < 4.78 is 5.40. The summed E-state index contributed by atoms with van der Waals surface area (Å²) in [6.45, 7) is 2.92. The number of ether oxygens (including phenoxy) is 1. The predicted molar refractivity (Wildman–Crippen MR) is 151 cm³/mol. The Bertz CT molecular complexity index is 372. The molecule has 0 unspecified atom stereocenters. The molecule has 0 heterocycles. The fraction of sp³-hybridized carbons (Fsp3) is 0.967. The molecular weight excluding hydrogens is 424 g/mol. The summed E-state index contributed by atoms with van der Waals surface area (Å²) >= 11 is 4.25. The molecule has 3 heteroatoms. The van der Waals surface area contributed by atoms with Gasteiger partial charge in [0.15, 0.2) is 0 Å². The van der Waals surface area contributed by atoms with E-state index < -0.39 is 0 Å². The van der Waals surface area contributed by atoms with Crippen LogP contribution in [0.1, 0.15) is 174 Å². The van der Waals surface area contributed by atoms with Crippen LogP contribution in [0.15, 0.2) is 0 Å². The monoisotopic (exact) mass is 484 g/mol. The van der Waals surface area contributed by atoms with E-state index in [0.29, 0.717) is 13.0 Å². The number of hydrogen-bond acceptors (Lipinski definition) is 3. The minimum atomic E-state index is 0.0164. The van der Waals surface area contributed by atoms with E-state index >= 15 is 0 Å². The van der Waals surface area contributed by atoms with Crippen LogP contribution in [0.25, 0.3) is 0 Å². The molecule has 2 nitrogen and oxygen atoms in total. The molecular formula is C30H60O2S. The van der Waals surface area contributed by atoms with Gasteiger partial charge in [-0.1, -0.05) is 148 Å². The smallest absolute Gasteiger partial charge is 0.305 e. The molecule has 33 heavy (non-hydrogen) atoms. The Labute approximate surface area is 214 Å². The number of carbonyl (C=O) groups excluding carboxylic acids is 1. The van der Waals surface area contributed by atoms with Crippen molar-refractivity contribution in [1.82, 2.24) is 0 Å². The number of unbranched alkanes of at least 4 members (excludes halogenated alkanes) is 23. The van der Waals surface area contributed by atoms with E-state index in [1.165, 1.54) is 148 Å². The zero-order valence-electron chi connectivity index (χ0n) is 22.6. The van der Waals surface area contributed by atoms with E-state index in [9.17, 15) is 4.79 Å². The van der Waals surface area contributed by atoms with Crippen LogP contribution in [0, 0.1) is 0 Å². The number of carbonyl (C=O) groups is 1. The van der Waals surface area contributed by atoms with Gasteiger partial charge in [0, 0.05) is 6.42 Å². The minimum Gasteiger partial charge on any atom is -0.466 e. The van der Waals surface area contributed by atoms with E-state index in [1.54, 1.807) is 0 Å². The molecule has 0 aromatic rings. The Balaban J connectivity index is 3.13. The van der Waals surface area contributed by atoms with Crippen LogP contribution in [-0.4, -0.2) is 18.3 Å². The van der Waals surface area contributed by atoms with Gasteiger partial charge in [0.05, 0.1) is 6.61 Å². The van der Waals surface area contributed by atoms with E-state index in [2.05, 4.69) is 19.6 Å². The Morgan fingerprint density at radius 2 is 0.818 bits per heavy atom. The van der Waals surface area contributed by atoms with Crippen molar-refractivity contribution in [3.05, 3.63) is 0 Å². The third-order valence-corrected chi connectivity index (χ3v) is 7.12. The van der Waals surface area contributed by atoms with Gasteiger partial charge < -0.3 is 4.74 Å². The highest BCUT2D eigenvalue weighted by Gasteiger charge is 2.02. The second-order valence-corrected chi connectivity index (χ2v) is 10.6. The molecule has 0 saturated carbocycles. The highest BCUT2D eigenvalue weighted by molar-refractivity contribution is 7.80. The lowest BCUT2D eigenvalue weighted by Gasteiger charge is -2.06. The summed E-state index contributed by atoms with van der Waals surface area (Å²) in [6, 6.07) is 0. The van der Waals surface area contributed by atoms with E-state index in [4.69, 9.17) is 4.74 Å². The molecule has 0 aromatic heterocycles. The maximum Gasteiger partial charge on any atom is 0.305 e. The Kier molecular flexibility index (Phi) is 29.7. The first kappa shape index (κ1) is 32.8. The van der Waals surface area contributed by atoms with Crippen LogP contribution in [0.5, 0.6) is 0 Å². The Morgan fingerprint density at radius 3 is 1.21 bits per heavy atom. The van der Waals surface area contributed by atoms with Crippen molar-refractivity contribution in [2.75, 3.05) is 12.4 Å². The molecule has 0 aliphatic heterocycles. The normalized spacial score (nSPS) is 11.2. The number of thiol groups is 1. The standard InChI is InChI=1S/C30H60O2S/c1-2-3-4-5-6-7-8-9-10-11-12-13-16-19-22-25-28-32-30(31)27-24-21-18-15-14-17-20-23-26-29-33/h33H,2-29H2,1H3. The lowest BCUT2D eigenvalue weighted by molar-refractivity contribution is -0.143. The van der Waals surface area contributed by atoms with Crippen molar-refractivity contribution in [2.24, 2.45) is 0 Å². The average Bonchev–Trinajstić information content (AvgIpc) is 2.82. The topological polar surface area (TPSA) is 26.3 Å². The summed E-state index contributed by atoms with van der Waals surface area (Å²) in [6.07, 6.45) is 34.0. The van der Waals surface area contributed by atoms with Crippen LogP contribution < -0.4 is 0 Å². The van der Waals surface area contributed by atoms with E-state index in [1.807, 2.05) is 0 Å². The SMILES string of the molecule is CCCCCCCCCCCCCCCCCCOC(=O)CCCCCCCCCCCS. The molecule has 0 aliphatic rings.